The fraction of sp³-hybridized carbons (Fsp3) is 0.0714. The highest BCUT2D eigenvalue weighted by Gasteiger charge is 2.15. The number of H-pyrrole nitrogens is 1. The second-order valence-electron chi connectivity index (χ2n) is 5.50. The van der Waals surface area contributed by atoms with Crippen molar-refractivity contribution in [3.05, 3.63) is 52.9 Å². The molecule has 0 bridgehead atoms. The van der Waals surface area contributed by atoms with E-state index in [1.54, 1.807) is 29.2 Å². The summed E-state index contributed by atoms with van der Waals surface area (Å²) in [4.78, 5) is 18.9. The Bertz CT molecular complexity index is 1260. The van der Waals surface area contributed by atoms with Gasteiger partial charge in [-0.2, -0.15) is 10.2 Å². The zero-order valence-electron chi connectivity index (χ0n) is 13.0. The van der Waals surface area contributed by atoms with Crippen LogP contribution in [0.4, 0.5) is 5.69 Å². The fourth-order valence-corrected chi connectivity index (χ4v) is 2.62. The molecule has 12 nitrogen and oxygen atoms in total. The number of furan rings is 1. The van der Waals surface area contributed by atoms with Crippen molar-refractivity contribution >= 4 is 22.4 Å². The summed E-state index contributed by atoms with van der Waals surface area (Å²) in [6, 6.07) is 3.49. The summed E-state index contributed by atoms with van der Waals surface area (Å²) in [5.74, 6) is 1.45. The van der Waals surface area contributed by atoms with Crippen molar-refractivity contribution in [1.29, 1.82) is 0 Å². The van der Waals surface area contributed by atoms with Crippen LogP contribution < -0.4 is 0 Å². The third kappa shape index (κ3) is 2.20. The van der Waals surface area contributed by atoms with Crippen LogP contribution in [0, 0.1) is 10.1 Å². The van der Waals surface area contributed by atoms with Gasteiger partial charge >= 0.3 is 5.69 Å². The molecule has 0 atom stereocenters. The molecule has 12 heteroatoms. The highest BCUT2D eigenvalue weighted by atomic mass is 16.6. The average Bonchev–Trinajstić information content (AvgIpc) is 3.39. The Kier molecular flexibility index (Phi) is 2.86. The summed E-state index contributed by atoms with van der Waals surface area (Å²) in [5.41, 5.74) is 1.16. The standard InChI is InChI=1S/C14H9N9O3/c24-23(25)8-3-17-21(5-8)6-9-1-2-11(26-9)13-18-14-10-4-16-19-12(10)15-7-22(14)20-13/h1-5,7H,6H2,(H,16,19). The zero-order chi connectivity index (χ0) is 17.7. The van der Waals surface area contributed by atoms with Crippen LogP contribution in [0.25, 0.3) is 28.3 Å². The van der Waals surface area contributed by atoms with E-state index in [4.69, 9.17) is 4.42 Å². The van der Waals surface area contributed by atoms with Crippen LogP contribution >= 0.6 is 0 Å². The molecule has 26 heavy (non-hydrogen) atoms. The SMILES string of the molecule is O=[N+]([O-])c1cnn(Cc2ccc(-c3nc4c5cn[nH]c5ncn4n3)o2)c1. The number of nitrogens with one attached hydrogen (secondary N) is 1. The number of aromatic amines is 1. The highest BCUT2D eigenvalue weighted by Crippen LogP contribution is 2.22. The summed E-state index contributed by atoms with van der Waals surface area (Å²) in [6.07, 6.45) is 5.71. The largest absolute Gasteiger partial charge is 0.456 e. The quantitative estimate of drug-likeness (QED) is 0.378. The van der Waals surface area contributed by atoms with Crippen LogP contribution in [0.2, 0.25) is 0 Å². The van der Waals surface area contributed by atoms with Crippen LogP contribution in [-0.4, -0.2) is 44.5 Å². The molecule has 0 unspecified atom stereocenters. The van der Waals surface area contributed by atoms with Crippen LogP contribution in [0.1, 0.15) is 5.76 Å². The lowest BCUT2D eigenvalue weighted by atomic mass is 10.4. The third-order valence-electron chi connectivity index (χ3n) is 3.82. The topological polar surface area (TPSA) is 146 Å². The Hall–Kier alpha value is -4.09. The number of hydrogen-bond donors (Lipinski definition) is 1. The molecule has 0 radical (unpaired) electrons. The van der Waals surface area contributed by atoms with E-state index in [2.05, 4.69) is 30.4 Å². The number of aromatic nitrogens is 8. The summed E-state index contributed by atoms with van der Waals surface area (Å²) < 4.78 is 8.73. The molecule has 128 valence electrons. The second kappa shape index (κ2) is 5.20. The lowest BCUT2D eigenvalue weighted by Crippen LogP contribution is -1.98. The minimum atomic E-state index is -0.498. The van der Waals surface area contributed by atoms with Crippen molar-refractivity contribution in [2.45, 2.75) is 6.54 Å². The molecule has 0 amide bonds. The molecule has 5 aromatic heterocycles. The van der Waals surface area contributed by atoms with Gasteiger partial charge in [-0.15, -0.1) is 5.10 Å². The van der Waals surface area contributed by atoms with Gasteiger partial charge in [0, 0.05) is 0 Å². The van der Waals surface area contributed by atoms with Gasteiger partial charge in [0.05, 0.1) is 23.1 Å². The number of nitrogens with zero attached hydrogens (tertiary/aromatic N) is 8. The summed E-state index contributed by atoms with van der Waals surface area (Å²) in [6.45, 7) is 0.259. The van der Waals surface area contributed by atoms with Crippen LogP contribution in [0.3, 0.4) is 0 Å². The van der Waals surface area contributed by atoms with E-state index in [0.29, 0.717) is 28.6 Å². The predicted molar refractivity (Wildman–Crippen MR) is 86.1 cm³/mol. The normalized spacial score (nSPS) is 11.5. The van der Waals surface area contributed by atoms with Gasteiger partial charge in [0.15, 0.2) is 17.1 Å². The molecule has 0 spiro atoms. The molecule has 1 N–H and O–H groups in total. The van der Waals surface area contributed by atoms with Crippen LogP contribution in [0.5, 0.6) is 0 Å². The lowest BCUT2D eigenvalue weighted by Gasteiger charge is -1.96. The van der Waals surface area contributed by atoms with E-state index < -0.39 is 4.92 Å². The monoisotopic (exact) mass is 351 g/mol. The molecule has 5 heterocycles. The Morgan fingerprint density at radius 1 is 1.31 bits per heavy atom. The van der Waals surface area contributed by atoms with Gasteiger partial charge in [-0.05, 0) is 12.1 Å². The minimum Gasteiger partial charge on any atom is -0.456 e. The number of rotatable bonds is 4. The number of fused-ring (bicyclic) bond motifs is 3. The van der Waals surface area contributed by atoms with E-state index in [0.717, 1.165) is 5.39 Å². The van der Waals surface area contributed by atoms with Crippen molar-refractivity contribution in [1.82, 2.24) is 39.6 Å². The van der Waals surface area contributed by atoms with Crippen LogP contribution in [0.15, 0.2) is 41.5 Å². The maximum Gasteiger partial charge on any atom is 0.307 e. The first-order chi connectivity index (χ1) is 12.7. The van der Waals surface area contributed by atoms with Crippen molar-refractivity contribution < 1.29 is 9.34 Å². The molecule has 0 fully saturated rings. The first-order valence-corrected chi connectivity index (χ1v) is 7.48. The van der Waals surface area contributed by atoms with E-state index in [1.165, 1.54) is 17.1 Å². The van der Waals surface area contributed by atoms with Gasteiger partial charge in [-0.1, -0.05) is 0 Å². The van der Waals surface area contributed by atoms with Crippen molar-refractivity contribution in [2.24, 2.45) is 0 Å². The molecule has 0 aliphatic carbocycles. The summed E-state index contributed by atoms with van der Waals surface area (Å²) in [7, 11) is 0. The van der Waals surface area contributed by atoms with Crippen molar-refractivity contribution in [3.63, 3.8) is 0 Å². The van der Waals surface area contributed by atoms with Gasteiger partial charge in [0.25, 0.3) is 0 Å². The Balaban J connectivity index is 1.47. The van der Waals surface area contributed by atoms with Gasteiger partial charge in [-0.3, -0.25) is 19.9 Å². The fourth-order valence-electron chi connectivity index (χ4n) is 2.62. The smallest absolute Gasteiger partial charge is 0.307 e. The molecule has 5 rings (SSSR count). The maximum absolute atomic E-state index is 10.7. The van der Waals surface area contributed by atoms with Crippen LogP contribution in [-0.2, 0) is 6.54 Å². The Labute approximate surface area is 143 Å². The predicted octanol–water partition coefficient (Wildman–Crippen LogP) is 1.41. The summed E-state index contributed by atoms with van der Waals surface area (Å²) >= 11 is 0. The lowest BCUT2D eigenvalue weighted by molar-refractivity contribution is -0.385. The molecule has 0 aliphatic heterocycles. The van der Waals surface area contributed by atoms with E-state index in [9.17, 15) is 10.1 Å². The minimum absolute atomic E-state index is 0.0737. The highest BCUT2D eigenvalue weighted by molar-refractivity contribution is 5.88. The molecule has 5 aromatic rings. The molecule has 0 saturated heterocycles. The maximum atomic E-state index is 10.7. The second-order valence-corrected chi connectivity index (χ2v) is 5.50. The average molecular weight is 351 g/mol. The molecule has 0 saturated carbocycles. The zero-order valence-corrected chi connectivity index (χ0v) is 13.0. The third-order valence-corrected chi connectivity index (χ3v) is 3.82. The van der Waals surface area contributed by atoms with Gasteiger partial charge in [0.2, 0.25) is 5.82 Å². The summed E-state index contributed by atoms with van der Waals surface area (Å²) in [5, 5.41) is 26.5. The Morgan fingerprint density at radius 3 is 3.08 bits per heavy atom. The molecule has 0 aromatic carbocycles. The molecule has 0 aliphatic rings. The molecular formula is C14H9N9O3. The van der Waals surface area contributed by atoms with E-state index in [1.807, 2.05) is 0 Å². The Morgan fingerprint density at radius 2 is 2.23 bits per heavy atom. The van der Waals surface area contributed by atoms with Gasteiger partial charge in [0.1, 0.15) is 24.5 Å². The molecular weight excluding hydrogens is 342 g/mol. The van der Waals surface area contributed by atoms with Gasteiger partial charge in [-0.25, -0.2) is 14.5 Å². The number of hydrogen-bond acceptors (Lipinski definition) is 8. The number of nitro groups is 1. The van der Waals surface area contributed by atoms with E-state index in [-0.39, 0.29) is 12.2 Å². The van der Waals surface area contributed by atoms with Crippen molar-refractivity contribution in [3.8, 4) is 11.6 Å². The first-order valence-electron chi connectivity index (χ1n) is 7.48. The first kappa shape index (κ1) is 14.3. The van der Waals surface area contributed by atoms with E-state index >= 15 is 0 Å². The van der Waals surface area contributed by atoms with Crippen molar-refractivity contribution in [2.75, 3.05) is 0 Å². The van der Waals surface area contributed by atoms with Gasteiger partial charge < -0.3 is 4.42 Å².